The van der Waals surface area contributed by atoms with E-state index in [0.717, 1.165) is 5.52 Å². The Bertz CT molecular complexity index is 515. The smallest absolute Gasteiger partial charge is 0.305 e. The minimum Gasteiger partial charge on any atom is -0.481 e. The predicted molar refractivity (Wildman–Crippen MR) is 68.7 cm³/mol. The largest absolute Gasteiger partial charge is 0.481 e. The Kier molecular flexibility index (Phi) is 3.50. The van der Waals surface area contributed by atoms with Crippen molar-refractivity contribution in [2.24, 2.45) is 0 Å². The van der Waals surface area contributed by atoms with Gasteiger partial charge in [0.1, 0.15) is 5.52 Å². The molecule has 1 N–H and O–H groups in total. The van der Waals surface area contributed by atoms with Crippen LogP contribution in [-0.4, -0.2) is 28.6 Å². The van der Waals surface area contributed by atoms with Crippen LogP contribution >= 0.6 is 0 Å². The van der Waals surface area contributed by atoms with E-state index in [0.29, 0.717) is 18.1 Å². The molecule has 0 fully saturated rings. The van der Waals surface area contributed by atoms with Crippen molar-refractivity contribution in [3.63, 3.8) is 0 Å². The molecule has 1 aromatic heterocycles. The van der Waals surface area contributed by atoms with E-state index in [1.807, 2.05) is 43.0 Å². The van der Waals surface area contributed by atoms with Gasteiger partial charge >= 0.3 is 5.97 Å². The Morgan fingerprint density at radius 2 is 2.17 bits per heavy atom. The molecular formula is C13H16N2O3. The number of carbonyl (C=O) groups is 1. The molecular weight excluding hydrogens is 232 g/mol. The fourth-order valence-corrected chi connectivity index (χ4v) is 1.77. The molecule has 5 nitrogen and oxygen atoms in total. The zero-order valence-corrected chi connectivity index (χ0v) is 10.5. The second kappa shape index (κ2) is 5.08. The molecule has 0 spiro atoms. The van der Waals surface area contributed by atoms with Crippen molar-refractivity contribution in [2.75, 3.05) is 11.4 Å². The fourth-order valence-electron chi connectivity index (χ4n) is 1.77. The van der Waals surface area contributed by atoms with Crippen molar-refractivity contribution >= 4 is 23.1 Å². The number of hydrogen-bond acceptors (Lipinski definition) is 4. The van der Waals surface area contributed by atoms with Gasteiger partial charge in [-0.25, -0.2) is 0 Å². The summed E-state index contributed by atoms with van der Waals surface area (Å²) in [6.07, 6.45) is 0.0664. The van der Waals surface area contributed by atoms with Crippen LogP contribution in [-0.2, 0) is 4.79 Å². The van der Waals surface area contributed by atoms with Crippen molar-refractivity contribution < 1.29 is 14.3 Å². The predicted octanol–water partition coefficient (Wildman–Crippen LogP) is 2.52. The molecule has 0 saturated carbocycles. The average molecular weight is 248 g/mol. The average Bonchev–Trinajstić information content (AvgIpc) is 2.71. The Morgan fingerprint density at radius 1 is 1.44 bits per heavy atom. The Morgan fingerprint density at radius 3 is 2.78 bits per heavy atom. The monoisotopic (exact) mass is 248 g/mol. The van der Waals surface area contributed by atoms with Gasteiger partial charge in [0.25, 0.3) is 6.01 Å². The van der Waals surface area contributed by atoms with Gasteiger partial charge in [0.05, 0.1) is 6.42 Å². The standard InChI is InChI=1S/C13H16N2O3/c1-9(2)15(8-7-12(16)17)13-14-10-5-3-4-6-11(10)18-13/h3-6,9H,7-8H2,1-2H3,(H,16,17). The lowest BCUT2D eigenvalue weighted by Gasteiger charge is -2.23. The van der Waals surface area contributed by atoms with Crippen LogP contribution in [0.15, 0.2) is 28.7 Å². The normalized spacial score (nSPS) is 11.1. The maximum atomic E-state index is 10.7. The van der Waals surface area contributed by atoms with E-state index in [-0.39, 0.29) is 12.5 Å². The number of para-hydroxylation sites is 2. The summed E-state index contributed by atoms with van der Waals surface area (Å²) in [5.74, 6) is -0.822. The number of nitrogens with zero attached hydrogens (tertiary/aromatic N) is 2. The first-order chi connectivity index (χ1) is 8.58. The zero-order chi connectivity index (χ0) is 13.1. The Hall–Kier alpha value is -2.04. The molecule has 2 aromatic rings. The molecule has 1 heterocycles. The van der Waals surface area contributed by atoms with E-state index in [1.165, 1.54) is 0 Å². The summed E-state index contributed by atoms with van der Waals surface area (Å²) in [7, 11) is 0. The lowest BCUT2D eigenvalue weighted by molar-refractivity contribution is -0.136. The van der Waals surface area contributed by atoms with Crippen LogP contribution in [0.3, 0.4) is 0 Å². The summed E-state index contributed by atoms with van der Waals surface area (Å²) in [5.41, 5.74) is 1.50. The molecule has 0 aliphatic rings. The summed E-state index contributed by atoms with van der Waals surface area (Å²) >= 11 is 0. The third-order valence-corrected chi connectivity index (χ3v) is 2.72. The van der Waals surface area contributed by atoms with Crippen molar-refractivity contribution in [1.82, 2.24) is 4.98 Å². The van der Waals surface area contributed by atoms with Crippen LogP contribution in [0.2, 0.25) is 0 Å². The van der Waals surface area contributed by atoms with Crippen LogP contribution in [0, 0.1) is 0 Å². The van der Waals surface area contributed by atoms with Gasteiger partial charge in [-0.3, -0.25) is 4.79 Å². The maximum absolute atomic E-state index is 10.7. The van der Waals surface area contributed by atoms with E-state index in [9.17, 15) is 4.79 Å². The van der Waals surface area contributed by atoms with Gasteiger partial charge in [0.2, 0.25) is 0 Å². The summed E-state index contributed by atoms with van der Waals surface area (Å²) in [5, 5.41) is 8.75. The number of anilines is 1. The number of aliphatic carboxylic acids is 1. The molecule has 0 aliphatic heterocycles. The third-order valence-electron chi connectivity index (χ3n) is 2.72. The van der Waals surface area contributed by atoms with E-state index in [1.54, 1.807) is 0 Å². The third kappa shape index (κ3) is 2.61. The van der Waals surface area contributed by atoms with Gasteiger partial charge < -0.3 is 14.4 Å². The first kappa shape index (κ1) is 12.4. The molecule has 0 aliphatic carbocycles. The minimum atomic E-state index is -0.822. The summed E-state index contributed by atoms with van der Waals surface area (Å²) in [6, 6.07) is 8.12. The fraction of sp³-hybridized carbons (Fsp3) is 0.385. The second-order valence-corrected chi connectivity index (χ2v) is 4.40. The van der Waals surface area contributed by atoms with Gasteiger partial charge in [0, 0.05) is 12.6 Å². The molecule has 0 unspecified atom stereocenters. The van der Waals surface area contributed by atoms with Crippen molar-refractivity contribution in [1.29, 1.82) is 0 Å². The quantitative estimate of drug-likeness (QED) is 0.880. The van der Waals surface area contributed by atoms with Crippen LogP contribution in [0.4, 0.5) is 6.01 Å². The molecule has 5 heteroatoms. The first-order valence-electron chi connectivity index (χ1n) is 5.92. The molecule has 18 heavy (non-hydrogen) atoms. The van der Waals surface area contributed by atoms with Crippen molar-refractivity contribution in [3.8, 4) is 0 Å². The summed E-state index contributed by atoms with van der Waals surface area (Å²) in [4.78, 5) is 16.9. The van der Waals surface area contributed by atoms with Crippen LogP contribution < -0.4 is 4.90 Å². The van der Waals surface area contributed by atoms with Gasteiger partial charge in [-0.1, -0.05) is 12.1 Å². The lowest BCUT2D eigenvalue weighted by atomic mass is 10.3. The zero-order valence-electron chi connectivity index (χ0n) is 10.5. The van der Waals surface area contributed by atoms with Gasteiger partial charge in [0.15, 0.2) is 5.58 Å². The summed E-state index contributed by atoms with van der Waals surface area (Å²) < 4.78 is 5.65. The van der Waals surface area contributed by atoms with Gasteiger partial charge in [-0.05, 0) is 26.0 Å². The number of carboxylic acid groups (broad SMARTS) is 1. The SMILES string of the molecule is CC(C)N(CCC(=O)O)c1nc2ccccc2o1. The number of aromatic nitrogens is 1. The van der Waals surface area contributed by atoms with Crippen LogP contribution in [0.5, 0.6) is 0 Å². The molecule has 1 aromatic carbocycles. The minimum absolute atomic E-state index is 0.0664. The highest BCUT2D eigenvalue weighted by molar-refractivity contribution is 5.74. The number of rotatable bonds is 5. The second-order valence-electron chi connectivity index (χ2n) is 4.40. The van der Waals surface area contributed by atoms with Crippen molar-refractivity contribution in [3.05, 3.63) is 24.3 Å². The van der Waals surface area contributed by atoms with Crippen molar-refractivity contribution in [2.45, 2.75) is 26.3 Å². The topological polar surface area (TPSA) is 66.6 Å². The lowest BCUT2D eigenvalue weighted by Crippen LogP contribution is -2.33. The first-order valence-corrected chi connectivity index (χ1v) is 5.92. The van der Waals surface area contributed by atoms with Crippen LogP contribution in [0.1, 0.15) is 20.3 Å². The molecule has 96 valence electrons. The molecule has 0 amide bonds. The number of carboxylic acids is 1. The highest BCUT2D eigenvalue weighted by atomic mass is 16.4. The highest BCUT2D eigenvalue weighted by Crippen LogP contribution is 2.23. The molecule has 0 bridgehead atoms. The number of fused-ring (bicyclic) bond motifs is 1. The number of benzene rings is 1. The van der Waals surface area contributed by atoms with Crippen LogP contribution in [0.25, 0.3) is 11.1 Å². The van der Waals surface area contributed by atoms with E-state index in [4.69, 9.17) is 9.52 Å². The molecule has 0 radical (unpaired) electrons. The van der Waals surface area contributed by atoms with Gasteiger partial charge in [-0.15, -0.1) is 0 Å². The Labute approximate surface area is 105 Å². The van der Waals surface area contributed by atoms with E-state index >= 15 is 0 Å². The Balaban J connectivity index is 2.26. The van der Waals surface area contributed by atoms with Gasteiger partial charge in [-0.2, -0.15) is 4.98 Å². The summed E-state index contributed by atoms with van der Waals surface area (Å²) in [6.45, 7) is 4.35. The number of oxazole rings is 1. The molecule has 2 rings (SSSR count). The molecule has 0 saturated heterocycles. The van der Waals surface area contributed by atoms with E-state index in [2.05, 4.69) is 4.98 Å². The molecule has 0 atom stereocenters. The number of hydrogen-bond donors (Lipinski definition) is 1. The maximum Gasteiger partial charge on any atom is 0.305 e. The van der Waals surface area contributed by atoms with E-state index < -0.39 is 5.97 Å². The highest BCUT2D eigenvalue weighted by Gasteiger charge is 2.17.